The molecule has 146 valence electrons. The minimum absolute atomic E-state index is 0.0562. The van der Waals surface area contributed by atoms with Crippen LogP contribution in [-0.4, -0.2) is 55.3 Å². The van der Waals surface area contributed by atoms with E-state index in [9.17, 15) is 30.8 Å². The van der Waals surface area contributed by atoms with Crippen molar-refractivity contribution in [1.82, 2.24) is 4.31 Å². The summed E-state index contributed by atoms with van der Waals surface area (Å²) < 4.78 is 80.5. The van der Waals surface area contributed by atoms with Crippen LogP contribution in [0.5, 0.6) is 0 Å². The van der Waals surface area contributed by atoms with Crippen molar-refractivity contribution in [2.24, 2.45) is 0 Å². The third-order valence-corrected chi connectivity index (χ3v) is 5.78. The second-order valence-electron chi connectivity index (χ2n) is 5.81. The highest BCUT2D eigenvalue weighted by atomic mass is 32.2. The quantitative estimate of drug-likeness (QED) is 0.679. The van der Waals surface area contributed by atoms with Crippen molar-refractivity contribution in [3.05, 3.63) is 29.8 Å². The summed E-state index contributed by atoms with van der Waals surface area (Å²) in [6, 6.07) is 3.95. The number of benzene rings is 1. The van der Waals surface area contributed by atoms with Gasteiger partial charge in [-0.2, -0.15) is 13.1 Å². The van der Waals surface area contributed by atoms with E-state index in [0.29, 0.717) is 6.42 Å². The molecule has 0 spiro atoms. The standard InChI is InChI=1S/C15H17F4NO5S/c16-14(17)15(18,19)9-25-8-10-3-1-4-11(7-10)26(23,24)20-6-2-5-12(20)13(21)22/h1,3-4,7,12,14H,2,5-6,8-9H2,(H,21,22). The highest BCUT2D eigenvalue weighted by Crippen LogP contribution is 2.27. The Labute approximate surface area is 147 Å². The van der Waals surface area contributed by atoms with Gasteiger partial charge >= 0.3 is 18.3 Å². The Morgan fingerprint density at radius 2 is 2.08 bits per heavy atom. The molecule has 1 aromatic carbocycles. The van der Waals surface area contributed by atoms with Gasteiger partial charge in [-0.05, 0) is 30.5 Å². The number of aliphatic carboxylic acids is 1. The van der Waals surface area contributed by atoms with Crippen LogP contribution in [-0.2, 0) is 26.2 Å². The van der Waals surface area contributed by atoms with Gasteiger partial charge in [0.2, 0.25) is 10.0 Å². The third kappa shape index (κ3) is 4.51. The summed E-state index contributed by atoms with van der Waals surface area (Å²) in [4.78, 5) is 11.0. The van der Waals surface area contributed by atoms with Crippen LogP contribution in [0.2, 0.25) is 0 Å². The molecule has 26 heavy (non-hydrogen) atoms. The molecule has 0 amide bonds. The first-order chi connectivity index (χ1) is 12.1. The molecule has 0 aromatic heterocycles. The topological polar surface area (TPSA) is 83.9 Å². The molecule has 0 saturated carbocycles. The van der Waals surface area contributed by atoms with E-state index < -0.39 is 47.6 Å². The average Bonchev–Trinajstić information content (AvgIpc) is 3.05. The fourth-order valence-corrected chi connectivity index (χ4v) is 4.30. The minimum Gasteiger partial charge on any atom is -0.480 e. The molecule has 0 aliphatic carbocycles. The summed E-state index contributed by atoms with van der Waals surface area (Å²) in [5.41, 5.74) is 0.183. The number of rotatable bonds is 8. The van der Waals surface area contributed by atoms with Gasteiger partial charge in [-0.25, -0.2) is 17.2 Å². The number of hydrogen-bond acceptors (Lipinski definition) is 4. The van der Waals surface area contributed by atoms with Crippen LogP contribution in [0, 0.1) is 0 Å². The third-order valence-electron chi connectivity index (χ3n) is 3.88. The highest BCUT2D eigenvalue weighted by molar-refractivity contribution is 7.89. The van der Waals surface area contributed by atoms with Gasteiger partial charge in [0, 0.05) is 6.54 Å². The first-order valence-corrected chi connectivity index (χ1v) is 9.07. The molecular formula is C15H17F4NO5S. The lowest BCUT2D eigenvalue weighted by atomic mass is 10.2. The summed E-state index contributed by atoms with van der Waals surface area (Å²) in [5.74, 6) is -5.55. The number of alkyl halides is 4. The van der Waals surface area contributed by atoms with Crippen molar-refractivity contribution in [2.45, 2.75) is 42.7 Å². The number of carboxylic acid groups (broad SMARTS) is 1. The molecule has 1 aliphatic rings. The van der Waals surface area contributed by atoms with E-state index in [1.165, 1.54) is 18.2 Å². The summed E-state index contributed by atoms with van der Waals surface area (Å²) in [6.07, 6.45) is -3.26. The van der Waals surface area contributed by atoms with Crippen LogP contribution in [0.25, 0.3) is 0 Å². The van der Waals surface area contributed by atoms with Gasteiger partial charge in [-0.15, -0.1) is 0 Å². The number of carbonyl (C=O) groups is 1. The fraction of sp³-hybridized carbons (Fsp3) is 0.533. The van der Waals surface area contributed by atoms with Crippen LogP contribution in [0.3, 0.4) is 0 Å². The Balaban J connectivity index is 2.12. The Kier molecular flexibility index (Phi) is 6.25. The Morgan fingerprint density at radius 3 is 2.69 bits per heavy atom. The van der Waals surface area contributed by atoms with Gasteiger partial charge in [-0.1, -0.05) is 12.1 Å². The molecule has 0 bridgehead atoms. The number of ether oxygens (including phenoxy) is 1. The minimum atomic E-state index is -4.30. The van der Waals surface area contributed by atoms with Crippen molar-refractivity contribution in [3.63, 3.8) is 0 Å². The van der Waals surface area contributed by atoms with Gasteiger partial charge < -0.3 is 9.84 Å². The second-order valence-corrected chi connectivity index (χ2v) is 7.70. The number of sulfonamides is 1. The van der Waals surface area contributed by atoms with Crippen LogP contribution < -0.4 is 0 Å². The number of nitrogens with zero attached hydrogens (tertiary/aromatic N) is 1. The molecular weight excluding hydrogens is 382 g/mol. The van der Waals surface area contributed by atoms with E-state index in [-0.39, 0.29) is 23.4 Å². The van der Waals surface area contributed by atoms with E-state index in [1.54, 1.807) is 0 Å². The molecule has 0 radical (unpaired) electrons. The van der Waals surface area contributed by atoms with Gasteiger partial charge in [0.1, 0.15) is 12.6 Å². The first-order valence-electron chi connectivity index (χ1n) is 7.63. The summed E-state index contributed by atoms with van der Waals surface area (Å²) in [5, 5.41) is 9.13. The molecule has 1 N–H and O–H groups in total. The molecule has 1 aliphatic heterocycles. The van der Waals surface area contributed by atoms with Crippen molar-refractivity contribution in [2.75, 3.05) is 13.2 Å². The summed E-state index contributed by atoms with van der Waals surface area (Å²) >= 11 is 0. The highest BCUT2D eigenvalue weighted by Gasteiger charge is 2.41. The van der Waals surface area contributed by atoms with E-state index in [4.69, 9.17) is 5.11 Å². The number of carboxylic acids is 1. The van der Waals surface area contributed by atoms with Crippen LogP contribution in [0.15, 0.2) is 29.2 Å². The zero-order chi connectivity index (χ0) is 19.5. The molecule has 11 heteroatoms. The Hall–Kier alpha value is -1.72. The molecule has 1 aromatic rings. The molecule has 1 atom stereocenters. The first kappa shape index (κ1) is 20.6. The maximum absolute atomic E-state index is 12.8. The molecule has 1 fully saturated rings. The van der Waals surface area contributed by atoms with Crippen LogP contribution in [0.1, 0.15) is 18.4 Å². The zero-order valence-corrected chi connectivity index (χ0v) is 14.3. The predicted molar refractivity (Wildman–Crippen MR) is 81.6 cm³/mol. The maximum atomic E-state index is 12.8. The maximum Gasteiger partial charge on any atom is 0.330 e. The lowest BCUT2D eigenvalue weighted by molar-refractivity contribution is -0.168. The lowest BCUT2D eigenvalue weighted by Crippen LogP contribution is -2.40. The summed E-state index contributed by atoms with van der Waals surface area (Å²) in [7, 11) is -4.09. The van der Waals surface area contributed by atoms with E-state index >= 15 is 0 Å². The van der Waals surface area contributed by atoms with Crippen LogP contribution in [0.4, 0.5) is 17.6 Å². The monoisotopic (exact) mass is 399 g/mol. The van der Waals surface area contributed by atoms with Gasteiger partial charge in [-0.3, -0.25) is 4.79 Å². The largest absolute Gasteiger partial charge is 0.480 e. The zero-order valence-electron chi connectivity index (χ0n) is 13.4. The van der Waals surface area contributed by atoms with Crippen molar-refractivity contribution >= 4 is 16.0 Å². The van der Waals surface area contributed by atoms with Crippen molar-refractivity contribution in [3.8, 4) is 0 Å². The van der Waals surface area contributed by atoms with Gasteiger partial charge in [0.05, 0.1) is 11.5 Å². The Bertz CT molecular complexity index is 756. The predicted octanol–water partition coefficient (Wildman–Crippen LogP) is 2.34. The van der Waals surface area contributed by atoms with Gasteiger partial charge in [0.25, 0.3) is 0 Å². The van der Waals surface area contributed by atoms with Crippen molar-refractivity contribution < 1.29 is 40.6 Å². The second kappa shape index (κ2) is 7.89. The number of halogens is 4. The van der Waals surface area contributed by atoms with Gasteiger partial charge in [0.15, 0.2) is 0 Å². The molecule has 2 rings (SSSR count). The van der Waals surface area contributed by atoms with Crippen molar-refractivity contribution in [1.29, 1.82) is 0 Å². The average molecular weight is 399 g/mol. The van der Waals surface area contributed by atoms with E-state index in [0.717, 1.165) is 10.4 Å². The smallest absolute Gasteiger partial charge is 0.330 e. The number of hydrogen-bond donors (Lipinski definition) is 1. The SMILES string of the molecule is O=C(O)C1CCCN1S(=O)(=O)c1cccc(COCC(F)(F)C(F)F)c1. The lowest BCUT2D eigenvalue weighted by Gasteiger charge is -2.21. The van der Waals surface area contributed by atoms with E-state index in [2.05, 4.69) is 4.74 Å². The fourth-order valence-electron chi connectivity index (χ4n) is 2.57. The molecule has 1 heterocycles. The molecule has 6 nitrogen and oxygen atoms in total. The van der Waals surface area contributed by atoms with Crippen LogP contribution >= 0.6 is 0 Å². The van der Waals surface area contributed by atoms with E-state index in [1.807, 2.05) is 0 Å². The normalized spacial score (nSPS) is 19.2. The molecule has 1 saturated heterocycles. The molecule has 1 unspecified atom stereocenters. The summed E-state index contributed by atoms with van der Waals surface area (Å²) in [6.45, 7) is -1.94. The Morgan fingerprint density at radius 1 is 1.38 bits per heavy atom.